The quantitative estimate of drug-likeness (QED) is 0.845. The Balaban J connectivity index is 1.67. The molecule has 1 amide bonds. The maximum atomic E-state index is 11.8. The lowest BCUT2D eigenvalue weighted by atomic mass is 9.89. The highest BCUT2D eigenvalue weighted by Gasteiger charge is 2.20. The number of aliphatic hydroxyl groups excluding tert-OH is 1. The van der Waals surface area contributed by atoms with Crippen LogP contribution >= 0.6 is 11.6 Å². The summed E-state index contributed by atoms with van der Waals surface area (Å²) < 4.78 is 5.66. The SMILES string of the molecule is CC1CCCC(OCC(=O)NCC(O)c2ccc(Cl)cc2)C1. The first kappa shape index (κ1) is 17.3. The Labute approximate surface area is 136 Å². The van der Waals surface area contributed by atoms with Crippen molar-refractivity contribution in [2.75, 3.05) is 13.2 Å². The summed E-state index contributed by atoms with van der Waals surface area (Å²) in [7, 11) is 0. The molecule has 2 N–H and O–H groups in total. The summed E-state index contributed by atoms with van der Waals surface area (Å²) in [4.78, 5) is 11.8. The number of hydrogen-bond acceptors (Lipinski definition) is 3. The van der Waals surface area contributed by atoms with Crippen molar-refractivity contribution in [3.63, 3.8) is 0 Å². The van der Waals surface area contributed by atoms with Gasteiger partial charge in [-0.25, -0.2) is 0 Å². The monoisotopic (exact) mass is 325 g/mol. The zero-order chi connectivity index (χ0) is 15.9. The van der Waals surface area contributed by atoms with Gasteiger partial charge in [0.1, 0.15) is 6.61 Å². The molecule has 0 bridgehead atoms. The van der Waals surface area contributed by atoms with Crippen LogP contribution < -0.4 is 5.32 Å². The molecule has 2 rings (SSSR count). The van der Waals surface area contributed by atoms with Crippen molar-refractivity contribution >= 4 is 17.5 Å². The highest BCUT2D eigenvalue weighted by Crippen LogP contribution is 2.25. The molecule has 3 unspecified atom stereocenters. The maximum absolute atomic E-state index is 11.8. The highest BCUT2D eigenvalue weighted by molar-refractivity contribution is 6.30. The van der Waals surface area contributed by atoms with Crippen LogP contribution in [0, 0.1) is 5.92 Å². The summed E-state index contributed by atoms with van der Waals surface area (Å²) in [6.45, 7) is 2.45. The van der Waals surface area contributed by atoms with Crippen LogP contribution in [0.5, 0.6) is 0 Å². The molecule has 3 atom stereocenters. The third-order valence-corrected chi connectivity index (χ3v) is 4.34. The van der Waals surface area contributed by atoms with Crippen molar-refractivity contribution in [2.45, 2.75) is 44.8 Å². The molecule has 0 aliphatic heterocycles. The molecule has 1 aromatic rings. The zero-order valence-electron chi connectivity index (χ0n) is 12.9. The predicted molar refractivity (Wildman–Crippen MR) is 86.8 cm³/mol. The molecule has 0 saturated heterocycles. The molecule has 0 heterocycles. The van der Waals surface area contributed by atoms with Gasteiger partial charge in [-0.1, -0.05) is 43.5 Å². The number of carbonyl (C=O) groups excluding carboxylic acids is 1. The predicted octanol–water partition coefficient (Wildman–Crippen LogP) is 3.08. The van der Waals surface area contributed by atoms with Crippen LogP contribution in [0.1, 0.15) is 44.3 Å². The first-order valence-corrected chi connectivity index (χ1v) is 8.24. The summed E-state index contributed by atoms with van der Waals surface area (Å²) in [5.41, 5.74) is 0.728. The molecule has 0 aromatic heterocycles. The van der Waals surface area contributed by atoms with E-state index in [1.54, 1.807) is 24.3 Å². The van der Waals surface area contributed by atoms with Gasteiger partial charge in [-0.15, -0.1) is 0 Å². The minimum absolute atomic E-state index is 0.0602. The fourth-order valence-corrected chi connectivity index (χ4v) is 2.91. The van der Waals surface area contributed by atoms with Gasteiger partial charge in [0.15, 0.2) is 0 Å². The fourth-order valence-electron chi connectivity index (χ4n) is 2.79. The largest absolute Gasteiger partial charge is 0.387 e. The molecular weight excluding hydrogens is 302 g/mol. The van der Waals surface area contributed by atoms with Crippen LogP contribution in [0.3, 0.4) is 0 Å². The zero-order valence-corrected chi connectivity index (χ0v) is 13.7. The summed E-state index contributed by atoms with van der Waals surface area (Å²) in [6, 6.07) is 6.93. The Morgan fingerprint density at radius 2 is 2.14 bits per heavy atom. The second-order valence-corrected chi connectivity index (χ2v) is 6.51. The number of amides is 1. The molecule has 4 nitrogen and oxygen atoms in total. The minimum Gasteiger partial charge on any atom is -0.387 e. The first-order chi connectivity index (χ1) is 10.5. The van der Waals surface area contributed by atoms with Gasteiger partial charge in [-0.2, -0.15) is 0 Å². The smallest absolute Gasteiger partial charge is 0.246 e. The molecule has 22 heavy (non-hydrogen) atoms. The van der Waals surface area contributed by atoms with E-state index >= 15 is 0 Å². The molecule has 1 saturated carbocycles. The summed E-state index contributed by atoms with van der Waals surface area (Å²) in [5.74, 6) is 0.486. The van der Waals surface area contributed by atoms with E-state index in [9.17, 15) is 9.90 Å². The van der Waals surface area contributed by atoms with E-state index in [1.807, 2.05) is 0 Å². The van der Waals surface area contributed by atoms with Gasteiger partial charge in [-0.3, -0.25) is 4.79 Å². The van der Waals surface area contributed by atoms with Crippen LogP contribution in [0.15, 0.2) is 24.3 Å². The van der Waals surface area contributed by atoms with Crippen LogP contribution in [0.25, 0.3) is 0 Å². The summed E-state index contributed by atoms with van der Waals surface area (Å²) >= 11 is 5.80. The topological polar surface area (TPSA) is 58.6 Å². The van der Waals surface area contributed by atoms with Crippen LogP contribution in [0.2, 0.25) is 5.02 Å². The Morgan fingerprint density at radius 3 is 2.82 bits per heavy atom. The highest BCUT2D eigenvalue weighted by atomic mass is 35.5. The van der Waals surface area contributed by atoms with E-state index in [4.69, 9.17) is 16.3 Å². The Hall–Kier alpha value is -1.10. The molecule has 5 heteroatoms. The van der Waals surface area contributed by atoms with Gasteiger partial charge in [-0.05, 0) is 36.5 Å². The van der Waals surface area contributed by atoms with E-state index in [1.165, 1.54) is 12.8 Å². The second kappa shape index (κ2) is 8.51. The van der Waals surface area contributed by atoms with E-state index in [2.05, 4.69) is 12.2 Å². The molecule has 1 aliphatic rings. The Bertz CT molecular complexity index is 477. The number of carbonyl (C=O) groups is 1. The number of nitrogens with one attached hydrogen (secondary N) is 1. The Kier molecular flexibility index (Phi) is 6.68. The number of ether oxygens (including phenoxy) is 1. The maximum Gasteiger partial charge on any atom is 0.246 e. The van der Waals surface area contributed by atoms with Crippen molar-refractivity contribution < 1.29 is 14.6 Å². The van der Waals surface area contributed by atoms with Crippen LogP contribution in [-0.2, 0) is 9.53 Å². The number of rotatable bonds is 6. The fraction of sp³-hybridized carbons (Fsp3) is 0.588. The standard InChI is InChI=1S/C17H24ClNO3/c1-12-3-2-4-15(9-12)22-11-17(21)19-10-16(20)13-5-7-14(18)8-6-13/h5-8,12,15-16,20H,2-4,9-11H2,1H3,(H,19,21). The van der Waals surface area contributed by atoms with Gasteiger partial charge in [0.25, 0.3) is 0 Å². The molecule has 0 radical (unpaired) electrons. The van der Waals surface area contributed by atoms with E-state index in [-0.39, 0.29) is 25.2 Å². The molecule has 1 fully saturated rings. The lowest BCUT2D eigenvalue weighted by Gasteiger charge is -2.26. The normalized spacial score (nSPS) is 23.0. The average Bonchev–Trinajstić information content (AvgIpc) is 2.51. The number of benzene rings is 1. The van der Waals surface area contributed by atoms with Crippen molar-refractivity contribution in [1.82, 2.24) is 5.32 Å². The summed E-state index contributed by atoms with van der Waals surface area (Å²) in [6.07, 6.45) is 3.93. The lowest BCUT2D eigenvalue weighted by Crippen LogP contribution is -2.33. The number of halogens is 1. The van der Waals surface area contributed by atoms with Gasteiger partial charge in [0.2, 0.25) is 5.91 Å². The Morgan fingerprint density at radius 1 is 1.41 bits per heavy atom. The van der Waals surface area contributed by atoms with Crippen LogP contribution in [0.4, 0.5) is 0 Å². The van der Waals surface area contributed by atoms with Gasteiger partial charge < -0.3 is 15.2 Å². The minimum atomic E-state index is -0.740. The number of hydrogen-bond donors (Lipinski definition) is 2. The average molecular weight is 326 g/mol. The van der Waals surface area contributed by atoms with E-state index < -0.39 is 6.10 Å². The van der Waals surface area contributed by atoms with Crippen molar-refractivity contribution in [2.24, 2.45) is 5.92 Å². The lowest BCUT2D eigenvalue weighted by molar-refractivity contribution is -0.129. The van der Waals surface area contributed by atoms with E-state index in [0.717, 1.165) is 18.4 Å². The second-order valence-electron chi connectivity index (χ2n) is 6.08. The van der Waals surface area contributed by atoms with Crippen molar-refractivity contribution in [1.29, 1.82) is 0 Å². The van der Waals surface area contributed by atoms with Crippen molar-refractivity contribution in [3.05, 3.63) is 34.9 Å². The molecule has 1 aliphatic carbocycles. The molecular formula is C17H24ClNO3. The van der Waals surface area contributed by atoms with Gasteiger partial charge in [0, 0.05) is 11.6 Å². The van der Waals surface area contributed by atoms with Gasteiger partial charge in [0.05, 0.1) is 12.2 Å². The van der Waals surface area contributed by atoms with Gasteiger partial charge >= 0.3 is 0 Å². The molecule has 1 aromatic carbocycles. The molecule has 122 valence electrons. The molecule has 0 spiro atoms. The summed E-state index contributed by atoms with van der Waals surface area (Å²) in [5, 5.41) is 13.3. The first-order valence-electron chi connectivity index (χ1n) is 7.86. The number of aliphatic hydroxyl groups is 1. The van der Waals surface area contributed by atoms with Crippen molar-refractivity contribution in [3.8, 4) is 0 Å². The van der Waals surface area contributed by atoms with E-state index in [0.29, 0.717) is 10.9 Å². The van der Waals surface area contributed by atoms with Crippen LogP contribution in [-0.4, -0.2) is 30.3 Å². The third kappa shape index (κ3) is 5.59. The third-order valence-electron chi connectivity index (χ3n) is 4.09.